The highest BCUT2D eigenvalue weighted by Crippen LogP contribution is 2.22. The Morgan fingerprint density at radius 1 is 1.13 bits per heavy atom. The van der Waals surface area contributed by atoms with Gasteiger partial charge < -0.3 is 4.90 Å². The van der Waals surface area contributed by atoms with Crippen molar-refractivity contribution in [3.63, 3.8) is 0 Å². The van der Waals surface area contributed by atoms with Crippen molar-refractivity contribution < 1.29 is 0 Å². The molecule has 3 heterocycles. The van der Waals surface area contributed by atoms with Crippen molar-refractivity contribution in [2.24, 2.45) is 0 Å². The summed E-state index contributed by atoms with van der Waals surface area (Å²) in [5.41, 5.74) is 2.87. The van der Waals surface area contributed by atoms with Gasteiger partial charge in [-0.1, -0.05) is 0 Å². The number of anilines is 1. The molecule has 3 nitrogen and oxygen atoms in total. The van der Waals surface area contributed by atoms with E-state index in [0.717, 1.165) is 29.3 Å². The molecular formula is C11H13N3S. The monoisotopic (exact) mass is 219 g/mol. The number of hydrogen-bond acceptors (Lipinski definition) is 4. The first-order valence-corrected chi connectivity index (χ1v) is 6.27. The zero-order valence-corrected chi connectivity index (χ0v) is 9.33. The van der Waals surface area contributed by atoms with E-state index in [2.05, 4.69) is 27.0 Å². The molecule has 0 radical (unpaired) electrons. The van der Waals surface area contributed by atoms with Crippen molar-refractivity contribution in [3.8, 4) is 0 Å². The lowest BCUT2D eigenvalue weighted by Gasteiger charge is -2.27. The molecule has 0 aromatic carbocycles. The van der Waals surface area contributed by atoms with Gasteiger partial charge in [0.15, 0.2) is 0 Å². The molecule has 2 aromatic rings. The quantitative estimate of drug-likeness (QED) is 0.738. The number of piperidine rings is 1. The molecule has 4 heteroatoms. The van der Waals surface area contributed by atoms with Gasteiger partial charge in [0.05, 0.1) is 5.51 Å². The summed E-state index contributed by atoms with van der Waals surface area (Å²) in [7, 11) is 0. The number of rotatable bonds is 1. The first-order valence-electron chi connectivity index (χ1n) is 5.39. The summed E-state index contributed by atoms with van der Waals surface area (Å²) in [6, 6.07) is 4.16. The van der Waals surface area contributed by atoms with Gasteiger partial charge >= 0.3 is 0 Å². The van der Waals surface area contributed by atoms with E-state index in [4.69, 9.17) is 0 Å². The second-order valence-electron chi connectivity index (χ2n) is 3.89. The van der Waals surface area contributed by atoms with E-state index in [9.17, 15) is 0 Å². The average molecular weight is 219 g/mol. The largest absolute Gasteiger partial charge is 0.357 e. The van der Waals surface area contributed by atoms with Crippen LogP contribution in [0.3, 0.4) is 0 Å². The molecule has 1 aliphatic heterocycles. The van der Waals surface area contributed by atoms with Crippen LogP contribution >= 0.6 is 11.3 Å². The third-order valence-corrected chi connectivity index (χ3v) is 3.60. The molecule has 0 N–H and O–H groups in total. The first kappa shape index (κ1) is 9.09. The molecule has 0 spiro atoms. The van der Waals surface area contributed by atoms with Crippen molar-refractivity contribution in [2.75, 3.05) is 18.0 Å². The fourth-order valence-electron chi connectivity index (χ4n) is 2.04. The molecule has 3 rings (SSSR count). The van der Waals surface area contributed by atoms with Gasteiger partial charge in [0.2, 0.25) is 0 Å². The van der Waals surface area contributed by atoms with E-state index >= 15 is 0 Å². The Balaban J connectivity index is 1.95. The Labute approximate surface area is 92.8 Å². The minimum absolute atomic E-state index is 1.01. The standard InChI is InChI=1S/C11H13N3S/c1-2-6-14(7-3-1)10-5-4-9-11(13-10)15-8-12-9/h4-5,8H,1-3,6-7H2. The van der Waals surface area contributed by atoms with Crippen LogP contribution in [-0.4, -0.2) is 23.1 Å². The van der Waals surface area contributed by atoms with Crippen molar-refractivity contribution in [1.82, 2.24) is 9.97 Å². The van der Waals surface area contributed by atoms with Crippen LogP contribution in [-0.2, 0) is 0 Å². The molecule has 78 valence electrons. The Kier molecular flexibility index (Phi) is 2.29. The summed E-state index contributed by atoms with van der Waals surface area (Å²) in [6.45, 7) is 2.30. The number of nitrogens with zero attached hydrogens (tertiary/aromatic N) is 3. The van der Waals surface area contributed by atoms with Crippen molar-refractivity contribution in [1.29, 1.82) is 0 Å². The summed E-state index contributed by atoms with van der Waals surface area (Å²) < 4.78 is 0. The Hall–Kier alpha value is -1.16. The lowest BCUT2D eigenvalue weighted by molar-refractivity contribution is 0.574. The maximum absolute atomic E-state index is 4.64. The molecule has 0 aliphatic carbocycles. The molecule has 0 unspecified atom stereocenters. The van der Waals surface area contributed by atoms with Crippen LogP contribution in [0.1, 0.15) is 19.3 Å². The summed E-state index contributed by atoms with van der Waals surface area (Å²) in [4.78, 5) is 12.3. The normalized spacial score (nSPS) is 17.2. The number of aromatic nitrogens is 2. The fraction of sp³-hybridized carbons (Fsp3) is 0.455. The maximum atomic E-state index is 4.64. The van der Waals surface area contributed by atoms with Gasteiger partial charge in [0.25, 0.3) is 0 Å². The van der Waals surface area contributed by atoms with E-state index in [0.29, 0.717) is 0 Å². The van der Waals surface area contributed by atoms with Crippen LogP contribution in [0.2, 0.25) is 0 Å². The summed E-state index contributed by atoms with van der Waals surface area (Å²) in [5, 5.41) is 0. The van der Waals surface area contributed by atoms with Gasteiger partial charge in [-0.05, 0) is 31.4 Å². The topological polar surface area (TPSA) is 29.0 Å². The van der Waals surface area contributed by atoms with E-state index in [1.807, 2.05) is 5.51 Å². The van der Waals surface area contributed by atoms with Crippen LogP contribution in [0.25, 0.3) is 10.3 Å². The van der Waals surface area contributed by atoms with Crippen LogP contribution in [0.4, 0.5) is 5.82 Å². The first-order chi connectivity index (χ1) is 7.43. The molecular weight excluding hydrogens is 206 g/mol. The molecule has 0 bridgehead atoms. The number of pyridine rings is 1. The zero-order valence-electron chi connectivity index (χ0n) is 8.52. The minimum atomic E-state index is 1.01. The molecule has 0 atom stereocenters. The number of fused-ring (bicyclic) bond motifs is 1. The summed E-state index contributed by atoms with van der Waals surface area (Å²) in [5.74, 6) is 1.12. The highest BCUT2D eigenvalue weighted by molar-refractivity contribution is 7.16. The van der Waals surface area contributed by atoms with Crippen molar-refractivity contribution in [3.05, 3.63) is 17.6 Å². The Bertz CT molecular complexity index is 460. The highest BCUT2D eigenvalue weighted by atomic mass is 32.1. The number of hydrogen-bond donors (Lipinski definition) is 0. The predicted octanol–water partition coefficient (Wildman–Crippen LogP) is 2.68. The van der Waals surface area contributed by atoms with Crippen LogP contribution < -0.4 is 4.90 Å². The van der Waals surface area contributed by atoms with Crippen LogP contribution in [0, 0.1) is 0 Å². The van der Waals surface area contributed by atoms with E-state index in [-0.39, 0.29) is 0 Å². The predicted molar refractivity (Wildman–Crippen MR) is 63.5 cm³/mol. The third-order valence-electron chi connectivity index (χ3n) is 2.86. The third kappa shape index (κ3) is 1.69. The second kappa shape index (κ2) is 3.77. The van der Waals surface area contributed by atoms with E-state index in [1.165, 1.54) is 19.3 Å². The zero-order chi connectivity index (χ0) is 10.1. The molecule has 0 amide bonds. The average Bonchev–Trinajstić information content (AvgIpc) is 2.77. The second-order valence-corrected chi connectivity index (χ2v) is 4.73. The SMILES string of the molecule is c1nc2ccc(N3CCCCC3)nc2s1. The Morgan fingerprint density at radius 3 is 2.87 bits per heavy atom. The van der Waals surface area contributed by atoms with Crippen LogP contribution in [0.5, 0.6) is 0 Å². The smallest absolute Gasteiger partial charge is 0.145 e. The molecule has 1 aliphatic rings. The minimum Gasteiger partial charge on any atom is -0.357 e. The molecule has 15 heavy (non-hydrogen) atoms. The van der Waals surface area contributed by atoms with Gasteiger partial charge in [0, 0.05) is 13.1 Å². The fourth-order valence-corrected chi connectivity index (χ4v) is 2.69. The summed E-state index contributed by atoms with van der Waals surface area (Å²) in [6.07, 6.45) is 3.95. The Morgan fingerprint density at radius 2 is 2.00 bits per heavy atom. The lowest BCUT2D eigenvalue weighted by atomic mass is 10.1. The molecule has 2 aromatic heterocycles. The number of thiazole rings is 1. The van der Waals surface area contributed by atoms with E-state index < -0.39 is 0 Å². The van der Waals surface area contributed by atoms with Gasteiger partial charge in [-0.2, -0.15) is 0 Å². The van der Waals surface area contributed by atoms with Gasteiger partial charge in [0.1, 0.15) is 16.2 Å². The highest BCUT2D eigenvalue weighted by Gasteiger charge is 2.12. The molecule has 1 saturated heterocycles. The van der Waals surface area contributed by atoms with Gasteiger partial charge in [-0.3, -0.25) is 0 Å². The van der Waals surface area contributed by atoms with Crippen LogP contribution in [0.15, 0.2) is 17.6 Å². The maximum Gasteiger partial charge on any atom is 0.145 e. The van der Waals surface area contributed by atoms with Gasteiger partial charge in [-0.15, -0.1) is 11.3 Å². The van der Waals surface area contributed by atoms with Gasteiger partial charge in [-0.25, -0.2) is 9.97 Å². The van der Waals surface area contributed by atoms with Crippen molar-refractivity contribution in [2.45, 2.75) is 19.3 Å². The lowest BCUT2D eigenvalue weighted by Crippen LogP contribution is -2.29. The van der Waals surface area contributed by atoms with Crippen molar-refractivity contribution >= 4 is 27.5 Å². The van der Waals surface area contributed by atoms with E-state index in [1.54, 1.807) is 11.3 Å². The summed E-state index contributed by atoms with van der Waals surface area (Å²) >= 11 is 1.62. The molecule has 1 fully saturated rings. The molecule has 0 saturated carbocycles.